The minimum Gasteiger partial charge on any atom is -0.494 e. The quantitative estimate of drug-likeness (QED) is 0.603. The maximum Gasteiger partial charge on any atom is 0.234 e. The van der Waals surface area contributed by atoms with Crippen LogP contribution >= 0.6 is 0 Å². The molecular weight excluding hydrogens is 366 g/mol. The van der Waals surface area contributed by atoms with E-state index < -0.39 is 0 Å². The molecule has 1 fully saturated rings. The number of anilines is 1. The standard InChI is InChI=1S/C23H31N3O3/c1-2-28-21-8-10-22(11-9-21)29-17-14-24-23(27)18-26-15-12-20(13-16-26)25-19-6-4-3-5-7-19/h3-11,20,25H,2,12-18H2,1H3,(H,24,27). The lowest BCUT2D eigenvalue weighted by Crippen LogP contribution is -2.44. The lowest BCUT2D eigenvalue weighted by molar-refractivity contribution is -0.122. The Morgan fingerprint density at radius 3 is 2.31 bits per heavy atom. The van der Waals surface area contributed by atoms with Gasteiger partial charge in [0.1, 0.15) is 18.1 Å². The Kier molecular flexibility index (Phi) is 8.19. The van der Waals surface area contributed by atoms with Crippen LogP contribution in [0.2, 0.25) is 0 Å². The first-order chi connectivity index (χ1) is 14.2. The summed E-state index contributed by atoms with van der Waals surface area (Å²) in [5.74, 6) is 1.65. The highest BCUT2D eigenvalue weighted by Crippen LogP contribution is 2.17. The molecule has 6 nitrogen and oxygen atoms in total. The number of carbonyl (C=O) groups excluding carboxylic acids is 1. The Morgan fingerprint density at radius 2 is 1.66 bits per heavy atom. The largest absolute Gasteiger partial charge is 0.494 e. The van der Waals surface area contributed by atoms with Gasteiger partial charge in [0.05, 0.1) is 19.7 Å². The molecule has 0 saturated carbocycles. The van der Waals surface area contributed by atoms with Crippen molar-refractivity contribution in [3.63, 3.8) is 0 Å². The lowest BCUT2D eigenvalue weighted by atomic mass is 10.0. The van der Waals surface area contributed by atoms with Gasteiger partial charge in [-0.05, 0) is 56.2 Å². The van der Waals surface area contributed by atoms with Crippen LogP contribution in [0.5, 0.6) is 11.5 Å². The molecule has 1 amide bonds. The van der Waals surface area contributed by atoms with Crippen molar-refractivity contribution in [1.82, 2.24) is 10.2 Å². The van der Waals surface area contributed by atoms with Crippen molar-refractivity contribution in [1.29, 1.82) is 0 Å². The summed E-state index contributed by atoms with van der Waals surface area (Å²) in [7, 11) is 0. The molecule has 6 heteroatoms. The predicted octanol–water partition coefficient (Wildman–Crippen LogP) is 3.16. The molecule has 2 N–H and O–H groups in total. The molecule has 0 atom stereocenters. The van der Waals surface area contributed by atoms with E-state index in [0.29, 0.717) is 32.3 Å². The third kappa shape index (κ3) is 7.31. The van der Waals surface area contributed by atoms with E-state index in [2.05, 4.69) is 27.7 Å². The Morgan fingerprint density at radius 1 is 1.00 bits per heavy atom. The Balaban J connectivity index is 1.27. The number of likely N-dealkylation sites (tertiary alicyclic amines) is 1. The number of hydrogen-bond donors (Lipinski definition) is 2. The number of nitrogens with zero attached hydrogens (tertiary/aromatic N) is 1. The van der Waals surface area contributed by atoms with Gasteiger partial charge in [-0.25, -0.2) is 0 Å². The molecule has 2 aromatic rings. The molecule has 0 unspecified atom stereocenters. The third-order valence-corrected chi connectivity index (χ3v) is 4.93. The monoisotopic (exact) mass is 397 g/mol. The summed E-state index contributed by atoms with van der Waals surface area (Å²) in [5.41, 5.74) is 1.16. The smallest absolute Gasteiger partial charge is 0.234 e. The molecule has 1 heterocycles. The second kappa shape index (κ2) is 11.3. The Hall–Kier alpha value is -2.73. The van der Waals surface area contributed by atoms with Crippen molar-refractivity contribution < 1.29 is 14.3 Å². The number of carbonyl (C=O) groups is 1. The zero-order valence-electron chi connectivity index (χ0n) is 17.1. The second-order valence-corrected chi connectivity index (χ2v) is 7.16. The summed E-state index contributed by atoms with van der Waals surface area (Å²) >= 11 is 0. The van der Waals surface area contributed by atoms with Crippen LogP contribution < -0.4 is 20.1 Å². The van der Waals surface area contributed by atoms with E-state index in [4.69, 9.17) is 9.47 Å². The van der Waals surface area contributed by atoms with Crippen molar-refractivity contribution in [2.45, 2.75) is 25.8 Å². The maximum absolute atomic E-state index is 12.2. The van der Waals surface area contributed by atoms with Gasteiger partial charge >= 0.3 is 0 Å². The van der Waals surface area contributed by atoms with E-state index in [9.17, 15) is 4.79 Å². The average Bonchev–Trinajstić information content (AvgIpc) is 2.75. The van der Waals surface area contributed by atoms with E-state index in [0.717, 1.165) is 43.1 Å². The van der Waals surface area contributed by atoms with Crippen LogP contribution in [0.15, 0.2) is 54.6 Å². The Labute approximate surface area is 173 Å². The molecule has 1 aliphatic heterocycles. The normalized spacial score (nSPS) is 14.9. The maximum atomic E-state index is 12.2. The van der Waals surface area contributed by atoms with E-state index in [-0.39, 0.29) is 5.91 Å². The number of nitrogens with one attached hydrogen (secondary N) is 2. The molecule has 3 rings (SSSR count). The number of hydrogen-bond acceptors (Lipinski definition) is 5. The number of amides is 1. The summed E-state index contributed by atoms with van der Waals surface area (Å²) in [6.45, 7) is 5.85. The van der Waals surface area contributed by atoms with Gasteiger partial charge < -0.3 is 20.1 Å². The summed E-state index contributed by atoms with van der Waals surface area (Å²) < 4.78 is 11.1. The van der Waals surface area contributed by atoms with Crippen molar-refractivity contribution in [2.24, 2.45) is 0 Å². The first-order valence-electron chi connectivity index (χ1n) is 10.4. The van der Waals surface area contributed by atoms with Crippen molar-refractivity contribution in [3.8, 4) is 11.5 Å². The number of benzene rings is 2. The molecule has 1 saturated heterocycles. The van der Waals surface area contributed by atoms with E-state index in [1.165, 1.54) is 0 Å². The predicted molar refractivity (Wildman–Crippen MR) is 116 cm³/mol. The highest BCUT2D eigenvalue weighted by molar-refractivity contribution is 5.78. The summed E-state index contributed by atoms with van der Waals surface area (Å²) in [5, 5.41) is 6.51. The number of rotatable bonds is 10. The van der Waals surface area contributed by atoms with Gasteiger partial charge in [0.25, 0.3) is 0 Å². The number of para-hydroxylation sites is 1. The van der Waals surface area contributed by atoms with E-state index in [1.807, 2.05) is 49.4 Å². The third-order valence-electron chi connectivity index (χ3n) is 4.93. The van der Waals surface area contributed by atoms with Gasteiger partial charge in [-0.3, -0.25) is 9.69 Å². The fourth-order valence-electron chi connectivity index (χ4n) is 3.42. The van der Waals surface area contributed by atoms with Crippen LogP contribution in [0.1, 0.15) is 19.8 Å². The second-order valence-electron chi connectivity index (χ2n) is 7.16. The molecule has 0 bridgehead atoms. The molecule has 0 aromatic heterocycles. The minimum absolute atomic E-state index is 0.0507. The molecule has 156 valence electrons. The molecule has 0 aliphatic carbocycles. The van der Waals surface area contributed by atoms with Crippen molar-refractivity contribution >= 4 is 11.6 Å². The molecule has 29 heavy (non-hydrogen) atoms. The molecule has 0 spiro atoms. The fraction of sp³-hybridized carbons (Fsp3) is 0.435. The van der Waals surface area contributed by atoms with Crippen molar-refractivity contribution in [3.05, 3.63) is 54.6 Å². The highest BCUT2D eigenvalue weighted by Gasteiger charge is 2.20. The van der Waals surface area contributed by atoms with Gasteiger partial charge in [0.15, 0.2) is 0 Å². The summed E-state index contributed by atoms with van der Waals surface area (Å²) in [4.78, 5) is 14.4. The highest BCUT2D eigenvalue weighted by atomic mass is 16.5. The van der Waals surface area contributed by atoms with Crippen LogP contribution in [-0.2, 0) is 4.79 Å². The van der Waals surface area contributed by atoms with Crippen LogP contribution in [-0.4, -0.2) is 56.2 Å². The first-order valence-corrected chi connectivity index (χ1v) is 10.4. The molecule has 2 aromatic carbocycles. The fourth-order valence-corrected chi connectivity index (χ4v) is 3.42. The van der Waals surface area contributed by atoms with E-state index >= 15 is 0 Å². The van der Waals surface area contributed by atoms with Gasteiger partial charge in [0, 0.05) is 24.8 Å². The van der Waals surface area contributed by atoms with Gasteiger partial charge in [-0.1, -0.05) is 18.2 Å². The molecule has 1 aliphatic rings. The Bertz CT molecular complexity index is 729. The number of ether oxygens (including phenoxy) is 2. The van der Waals surface area contributed by atoms with Crippen LogP contribution in [0.4, 0.5) is 5.69 Å². The van der Waals surface area contributed by atoms with E-state index in [1.54, 1.807) is 0 Å². The average molecular weight is 398 g/mol. The van der Waals surface area contributed by atoms with Crippen LogP contribution in [0.25, 0.3) is 0 Å². The van der Waals surface area contributed by atoms with Gasteiger partial charge in [-0.15, -0.1) is 0 Å². The summed E-state index contributed by atoms with van der Waals surface area (Å²) in [6.07, 6.45) is 2.09. The lowest BCUT2D eigenvalue weighted by Gasteiger charge is -2.32. The molecular formula is C23H31N3O3. The SMILES string of the molecule is CCOc1ccc(OCCNC(=O)CN2CCC(Nc3ccccc3)CC2)cc1. The topological polar surface area (TPSA) is 62.8 Å². The minimum atomic E-state index is 0.0507. The first kappa shape index (κ1) is 21.0. The molecule has 0 radical (unpaired) electrons. The zero-order chi connectivity index (χ0) is 20.3. The van der Waals surface area contributed by atoms with Gasteiger partial charge in [-0.2, -0.15) is 0 Å². The summed E-state index contributed by atoms with van der Waals surface area (Å²) in [6, 6.07) is 18.3. The number of piperidine rings is 1. The van der Waals surface area contributed by atoms with Crippen molar-refractivity contribution in [2.75, 3.05) is 44.7 Å². The zero-order valence-corrected chi connectivity index (χ0v) is 17.1. The van der Waals surface area contributed by atoms with Gasteiger partial charge in [0.2, 0.25) is 5.91 Å². The van der Waals surface area contributed by atoms with Crippen LogP contribution in [0.3, 0.4) is 0 Å². The van der Waals surface area contributed by atoms with Crippen LogP contribution in [0, 0.1) is 0 Å².